The molecule has 2 heterocycles. The summed E-state index contributed by atoms with van der Waals surface area (Å²) in [6.45, 7) is 2.37. The first-order chi connectivity index (χ1) is 12.0. The standard InChI is InChI=1S/C18H26N2O4S/c21-18(13-15-8-11-24-12-9-15)20-10-4-7-17(14-20)25(22,23)19-16-5-2-1-3-6-16/h1-3,5-6,15,17,19H,4,7-14H2. The molecule has 0 aliphatic carbocycles. The van der Waals surface area contributed by atoms with Crippen molar-refractivity contribution in [3.8, 4) is 0 Å². The van der Waals surface area contributed by atoms with Crippen molar-refractivity contribution in [2.24, 2.45) is 5.92 Å². The normalized spacial score (nSPS) is 22.6. The van der Waals surface area contributed by atoms with E-state index < -0.39 is 15.3 Å². The molecule has 1 N–H and O–H groups in total. The molecule has 25 heavy (non-hydrogen) atoms. The Morgan fingerprint density at radius 3 is 2.60 bits per heavy atom. The summed E-state index contributed by atoms with van der Waals surface area (Å²) in [5, 5.41) is -0.555. The minimum Gasteiger partial charge on any atom is -0.381 e. The number of rotatable bonds is 5. The minimum atomic E-state index is -3.50. The van der Waals surface area contributed by atoms with Gasteiger partial charge < -0.3 is 9.64 Å². The van der Waals surface area contributed by atoms with E-state index in [0.29, 0.717) is 31.0 Å². The van der Waals surface area contributed by atoms with Gasteiger partial charge in [-0.2, -0.15) is 0 Å². The quantitative estimate of drug-likeness (QED) is 0.867. The van der Waals surface area contributed by atoms with Crippen molar-refractivity contribution in [3.05, 3.63) is 30.3 Å². The van der Waals surface area contributed by atoms with Gasteiger partial charge in [-0.05, 0) is 43.7 Å². The molecule has 1 unspecified atom stereocenters. The number of sulfonamides is 1. The first-order valence-electron chi connectivity index (χ1n) is 8.97. The molecule has 3 rings (SSSR count). The molecule has 2 fully saturated rings. The zero-order valence-electron chi connectivity index (χ0n) is 14.4. The molecule has 2 saturated heterocycles. The predicted molar refractivity (Wildman–Crippen MR) is 96.7 cm³/mol. The van der Waals surface area contributed by atoms with Gasteiger partial charge in [0.15, 0.2) is 0 Å². The number of carbonyl (C=O) groups is 1. The van der Waals surface area contributed by atoms with Crippen molar-refractivity contribution in [1.82, 2.24) is 4.90 Å². The van der Waals surface area contributed by atoms with E-state index in [-0.39, 0.29) is 12.5 Å². The molecular formula is C18H26N2O4S. The molecule has 0 radical (unpaired) electrons. The Bertz CT molecular complexity index is 672. The fourth-order valence-corrected chi connectivity index (χ4v) is 4.98. The van der Waals surface area contributed by atoms with Crippen LogP contribution in [0.5, 0.6) is 0 Å². The monoisotopic (exact) mass is 366 g/mol. The molecule has 1 atom stereocenters. The molecule has 1 aromatic rings. The highest BCUT2D eigenvalue weighted by atomic mass is 32.2. The Hall–Kier alpha value is -1.60. The Kier molecular flexibility index (Phi) is 5.96. The number of ether oxygens (including phenoxy) is 1. The van der Waals surface area contributed by atoms with Crippen molar-refractivity contribution in [2.45, 2.75) is 37.4 Å². The Balaban J connectivity index is 1.59. The van der Waals surface area contributed by atoms with E-state index in [9.17, 15) is 13.2 Å². The van der Waals surface area contributed by atoms with Gasteiger partial charge in [0, 0.05) is 38.4 Å². The van der Waals surface area contributed by atoms with E-state index >= 15 is 0 Å². The van der Waals surface area contributed by atoms with E-state index in [1.54, 1.807) is 29.2 Å². The number of hydrogen-bond donors (Lipinski definition) is 1. The predicted octanol–water partition coefficient (Wildman–Crippen LogP) is 2.24. The number of benzene rings is 1. The second kappa shape index (κ2) is 8.19. The first kappa shape index (κ1) is 18.2. The van der Waals surface area contributed by atoms with Crippen molar-refractivity contribution in [1.29, 1.82) is 0 Å². The number of nitrogens with one attached hydrogen (secondary N) is 1. The minimum absolute atomic E-state index is 0.0755. The summed E-state index contributed by atoms with van der Waals surface area (Å²) in [4.78, 5) is 14.3. The van der Waals surface area contributed by atoms with Crippen LogP contribution in [0.1, 0.15) is 32.1 Å². The summed E-state index contributed by atoms with van der Waals surface area (Å²) < 4.78 is 33.3. The Morgan fingerprint density at radius 2 is 1.88 bits per heavy atom. The van der Waals surface area contributed by atoms with Crippen LogP contribution in [0.2, 0.25) is 0 Å². The Labute approximate surface area is 149 Å². The second-order valence-electron chi connectivity index (χ2n) is 6.88. The highest BCUT2D eigenvalue weighted by molar-refractivity contribution is 7.93. The van der Waals surface area contributed by atoms with Crippen molar-refractivity contribution in [3.63, 3.8) is 0 Å². The van der Waals surface area contributed by atoms with Crippen LogP contribution < -0.4 is 4.72 Å². The largest absolute Gasteiger partial charge is 0.381 e. The average Bonchev–Trinajstić information content (AvgIpc) is 2.63. The molecular weight excluding hydrogens is 340 g/mol. The third-order valence-corrected chi connectivity index (χ3v) is 6.79. The lowest BCUT2D eigenvalue weighted by Crippen LogP contribution is -2.47. The molecule has 0 bridgehead atoms. The lowest BCUT2D eigenvalue weighted by atomic mass is 9.95. The van der Waals surface area contributed by atoms with E-state index in [4.69, 9.17) is 4.74 Å². The number of amides is 1. The summed E-state index contributed by atoms with van der Waals surface area (Å²) in [6, 6.07) is 8.89. The number of para-hydroxylation sites is 1. The summed E-state index contributed by atoms with van der Waals surface area (Å²) >= 11 is 0. The molecule has 1 aromatic carbocycles. The highest BCUT2D eigenvalue weighted by Crippen LogP contribution is 2.23. The lowest BCUT2D eigenvalue weighted by Gasteiger charge is -2.34. The second-order valence-corrected chi connectivity index (χ2v) is 8.84. The van der Waals surface area contributed by atoms with Crippen molar-refractivity contribution < 1.29 is 17.9 Å². The maximum Gasteiger partial charge on any atom is 0.237 e. The van der Waals surface area contributed by atoms with Gasteiger partial charge in [0.2, 0.25) is 15.9 Å². The number of hydrogen-bond acceptors (Lipinski definition) is 4. The van der Waals surface area contributed by atoms with Crippen LogP contribution in [0.3, 0.4) is 0 Å². The van der Waals surface area contributed by atoms with Gasteiger partial charge in [0.05, 0.1) is 5.25 Å². The van der Waals surface area contributed by atoms with Crippen LogP contribution in [-0.4, -0.2) is 50.8 Å². The summed E-state index contributed by atoms with van der Waals surface area (Å²) in [5.41, 5.74) is 0.563. The SMILES string of the molecule is O=C(CC1CCOCC1)N1CCCC(S(=O)(=O)Nc2ccccc2)C1. The van der Waals surface area contributed by atoms with Crippen molar-refractivity contribution in [2.75, 3.05) is 31.0 Å². The van der Waals surface area contributed by atoms with Gasteiger partial charge in [-0.25, -0.2) is 8.42 Å². The van der Waals surface area contributed by atoms with Crippen LogP contribution in [0.15, 0.2) is 30.3 Å². The molecule has 0 saturated carbocycles. The van der Waals surface area contributed by atoms with Gasteiger partial charge >= 0.3 is 0 Å². The molecule has 6 nitrogen and oxygen atoms in total. The number of likely N-dealkylation sites (tertiary alicyclic amines) is 1. The average molecular weight is 366 g/mol. The van der Waals surface area contributed by atoms with Crippen LogP contribution in [0.4, 0.5) is 5.69 Å². The number of anilines is 1. The number of carbonyl (C=O) groups excluding carboxylic acids is 1. The first-order valence-corrected chi connectivity index (χ1v) is 10.5. The molecule has 138 valence electrons. The topological polar surface area (TPSA) is 75.7 Å². The summed E-state index contributed by atoms with van der Waals surface area (Å²) in [7, 11) is -3.50. The molecule has 2 aliphatic rings. The lowest BCUT2D eigenvalue weighted by molar-refractivity contribution is -0.133. The maximum absolute atomic E-state index is 12.6. The van der Waals surface area contributed by atoms with E-state index in [1.165, 1.54) is 0 Å². The third-order valence-electron chi connectivity index (χ3n) is 5.01. The number of nitrogens with zero attached hydrogens (tertiary/aromatic N) is 1. The number of piperidine rings is 1. The van der Waals surface area contributed by atoms with Crippen molar-refractivity contribution >= 4 is 21.6 Å². The fourth-order valence-electron chi connectivity index (χ4n) is 3.50. The van der Waals surface area contributed by atoms with Gasteiger partial charge in [-0.1, -0.05) is 18.2 Å². The summed E-state index contributed by atoms with van der Waals surface area (Å²) in [5.74, 6) is 0.437. The summed E-state index contributed by atoms with van der Waals surface area (Å²) in [6.07, 6.45) is 3.64. The Morgan fingerprint density at radius 1 is 1.16 bits per heavy atom. The molecule has 0 spiro atoms. The van der Waals surface area contributed by atoms with Crippen LogP contribution >= 0.6 is 0 Å². The molecule has 0 aromatic heterocycles. The maximum atomic E-state index is 12.6. The third kappa shape index (κ3) is 4.95. The zero-order valence-corrected chi connectivity index (χ0v) is 15.2. The van der Waals surface area contributed by atoms with Gasteiger partial charge in [0.25, 0.3) is 0 Å². The smallest absolute Gasteiger partial charge is 0.237 e. The van der Waals surface area contributed by atoms with E-state index in [1.807, 2.05) is 6.07 Å². The van der Waals surface area contributed by atoms with Crippen LogP contribution in [0.25, 0.3) is 0 Å². The van der Waals surface area contributed by atoms with Gasteiger partial charge in [-0.3, -0.25) is 9.52 Å². The molecule has 2 aliphatic heterocycles. The fraction of sp³-hybridized carbons (Fsp3) is 0.611. The van der Waals surface area contributed by atoms with E-state index in [2.05, 4.69) is 4.72 Å². The van der Waals surface area contributed by atoms with Gasteiger partial charge in [-0.15, -0.1) is 0 Å². The highest BCUT2D eigenvalue weighted by Gasteiger charge is 2.33. The van der Waals surface area contributed by atoms with Gasteiger partial charge in [0.1, 0.15) is 0 Å². The van der Waals surface area contributed by atoms with E-state index in [0.717, 1.165) is 32.5 Å². The van der Waals surface area contributed by atoms with Crippen LogP contribution in [-0.2, 0) is 19.6 Å². The van der Waals surface area contributed by atoms with Crippen LogP contribution in [0, 0.1) is 5.92 Å². The zero-order chi connectivity index (χ0) is 17.7. The molecule has 1 amide bonds. The molecule has 7 heteroatoms.